The van der Waals surface area contributed by atoms with E-state index in [9.17, 15) is 9.59 Å². The van der Waals surface area contributed by atoms with Gasteiger partial charge in [0.2, 0.25) is 0 Å². The monoisotopic (exact) mass is 696 g/mol. The molecule has 10 nitrogen and oxygen atoms in total. The number of unbranched alkanes of at least 4 members (excludes halogenated alkanes) is 6. The minimum atomic E-state index is -3.36. The second-order valence-electron chi connectivity index (χ2n) is 9.71. The van der Waals surface area contributed by atoms with Crippen molar-refractivity contribution in [3.05, 3.63) is 0 Å². The number of aliphatic hydroxyl groups excluding tert-OH is 2. The second kappa shape index (κ2) is 44.9. The van der Waals surface area contributed by atoms with Gasteiger partial charge in [-0.3, -0.25) is 0 Å². The maximum absolute atomic E-state index is 10.2. The molecule has 0 aromatic rings. The summed E-state index contributed by atoms with van der Waals surface area (Å²) in [5.41, 5.74) is 0. The van der Waals surface area contributed by atoms with Gasteiger partial charge >= 0.3 is 18.1 Å². The third kappa shape index (κ3) is 47.3. The minimum Gasteiger partial charge on any atom is -0.396 e. The molecular formula is C30H72O10Si2Ti. The molecule has 0 aromatic heterocycles. The van der Waals surface area contributed by atoms with Gasteiger partial charge in [0.05, 0.1) is 0 Å². The summed E-state index contributed by atoms with van der Waals surface area (Å²) < 4.78 is 32.5. The Balaban J connectivity index is -0.000000175. The topological polar surface area (TPSA) is 136 Å². The number of hydrogen-bond donors (Lipinski definition) is 4. The van der Waals surface area contributed by atoms with Crippen molar-refractivity contribution in [3.63, 3.8) is 0 Å². The van der Waals surface area contributed by atoms with Gasteiger partial charge in [0, 0.05) is 74.6 Å². The van der Waals surface area contributed by atoms with Crippen molar-refractivity contribution in [2.24, 2.45) is 0 Å². The van der Waals surface area contributed by atoms with Gasteiger partial charge in [0.25, 0.3) is 0 Å². The molecule has 0 aliphatic rings. The zero-order valence-corrected chi connectivity index (χ0v) is 32.9. The molecule has 0 saturated carbocycles. The Morgan fingerprint density at radius 3 is 0.581 bits per heavy atom. The first-order valence-corrected chi connectivity index (χ1v) is 20.0. The van der Waals surface area contributed by atoms with E-state index in [4.69, 9.17) is 36.8 Å². The summed E-state index contributed by atoms with van der Waals surface area (Å²) in [6, 6.07) is 0. The Morgan fingerprint density at radius 1 is 0.349 bits per heavy atom. The van der Waals surface area contributed by atoms with E-state index in [-0.39, 0.29) is 21.7 Å². The SMILES string of the molecule is CCCCO[Si](O)(OCCCC)OCCCC.CCCCO[Si](O)(OCCCC)OCCCC.CCCO.CCCO.[Ti]. The van der Waals surface area contributed by atoms with Crippen LogP contribution >= 0.6 is 0 Å². The maximum Gasteiger partial charge on any atom is 0.676 e. The van der Waals surface area contributed by atoms with E-state index >= 15 is 0 Å². The van der Waals surface area contributed by atoms with Crippen LogP contribution in [0.1, 0.15) is 145 Å². The molecule has 43 heavy (non-hydrogen) atoms. The van der Waals surface area contributed by atoms with Crippen LogP contribution in [0.15, 0.2) is 0 Å². The zero-order valence-electron chi connectivity index (χ0n) is 29.3. The molecule has 0 aromatic carbocycles. The van der Waals surface area contributed by atoms with Crippen molar-refractivity contribution in [1.82, 2.24) is 0 Å². The Kier molecular flexibility index (Phi) is 55.6. The van der Waals surface area contributed by atoms with Gasteiger partial charge in [-0.25, -0.2) is 0 Å². The third-order valence-corrected chi connectivity index (χ3v) is 8.55. The molecule has 0 atom stereocenters. The summed E-state index contributed by atoms with van der Waals surface area (Å²) in [4.78, 5) is 20.3. The van der Waals surface area contributed by atoms with Crippen molar-refractivity contribution < 1.29 is 68.1 Å². The predicted octanol–water partition coefficient (Wildman–Crippen LogP) is 6.50. The quantitative estimate of drug-likeness (QED) is 0.0586. The summed E-state index contributed by atoms with van der Waals surface area (Å²) in [7, 11) is -6.72. The predicted molar refractivity (Wildman–Crippen MR) is 176 cm³/mol. The molecule has 0 aliphatic carbocycles. The molecule has 0 unspecified atom stereocenters. The standard InChI is InChI=1S/2C12H28O4Si.2C3H8O.Ti/c2*1-4-7-10-14-17(13,15-11-8-5-2)16-12-9-6-3;2*1-2-3-4;/h2*13H,4-12H2,1-3H3;2*4H,2-3H2,1H3;. The average Bonchev–Trinajstić information content (AvgIpc) is 2.99. The van der Waals surface area contributed by atoms with Gasteiger partial charge in [-0.05, 0) is 51.4 Å². The van der Waals surface area contributed by atoms with Crippen molar-refractivity contribution in [2.75, 3.05) is 52.9 Å². The van der Waals surface area contributed by atoms with Gasteiger partial charge in [0.15, 0.2) is 0 Å². The fourth-order valence-corrected chi connectivity index (χ4v) is 5.24. The smallest absolute Gasteiger partial charge is 0.396 e. The fourth-order valence-electron chi connectivity index (χ4n) is 2.32. The molecular weight excluding hydrogens is 624 g/mol. The number of rotatable bonds is 26. The molecule has 0 radical (unpaired) electrons. The first-order valence-electron chi connectivity index (χ1n) is 16.7. The van der Waals surface area contributed by atoms with Crippen LogP contribution in [0.25, 0.3) is 0 Å². The van der Waals surface area contributed by atoms with Gasteiger partial charge in [-0.1, -0.05) is 93.9 Å². The number of aliphatic hydroxyl groups is 2. The molecule has 264 valence electrons. The molecule has 0 saturated heterocycles. The van der Waals surface area contributed by atoms with Crippen LogP contribution in [-0.2, 0) is 48.3 Å². The molecule has 0 rings (SSSR count). The van der Waals surface area contributed by atoms with E-state index in [0.29, 0.717) is 52.9 Å². The first-order chi connectivity index (χ1) is 20.2. The van der Waals surface area contributed by atoms with E-state index < -0.39 is 18.1 Å². The zero-order chi connectivity index (χ0) is 32.8. The van der Waals surface area contributed by atoms with Crippen molar-refractivity contribution in [1.29, 1.82) is 0 Å². The third-order valence-electron chi connectivity index (χ3n) is 5.14. The number of hydrogen-bond acceptors (Lipinski definition) is 10. The van der Waals surface area contributed by atoms with E-state index in [1.807, 2.05) is 13.8 Å². The van der Waals surface area contributed by atoms with Crippen molar-refractivity contribution in [3.8, 4) is 0 Å². The molecule has 0 amide bonds. The van der Waals surface area contributed by atoms with Crippen LogP contribution in [0.3, 0.4) is 0 Å². The summed E-state index contributed by atoms with van der Waals surface area (Å²) in [6.07, 6.45) is 13.5. The fraction of sp³-hybridized carbons (Fsp3) is 1.00. The van der Waals surface area contributed by atoms with Crippen LogP contribution in [0.5, 0.6) is 0 Å². The molecule has 0 spiro atoms. The molecule has 4 N–H and O–H groups in total. The summed E-state index contributed by atoms with van der Waals surface area (Å²) in [5.74, 6) is 0. The molecule has 0 bridgehead atoms. The van der Waals surface area contributed by atoms with E-state index in [0.717, 1.165) is 89.9 Å². The first kappa shape index (κ1) is 53.2. The van der Waals surface area contributed by atoms with Crippen LogP contribution in [0, 0.1) is 0 Å². The Hall–Kier alpha value is 0.748. The summed E-state index contributed by atoms with van der Waals surface area (Å²) in [6.45, 7) is 20.1. The van der Waals surface area contributed by atoms with Gasteiger partial charge in [-0.15, -0.1) is 0 Å². The molecule has 13 heteroatoms. The van der Waals surface area contributed by atoms with Gasteiger partial charge < -0.3 is 46.4 Å². The minimum absolute atomic E-state index is 0. The Morgan fingerprint density at radius 2 is 0.488 bits per heavy atom. The van der Waals surface area contributed by atoms with E-state index in [2.05, 4.69) is 41.5 Å². The Bertz CT molecular complexity index is 376. The van der Waals surface area contributed by atoms with Crippen molar-refractivity contribution in [2.45, 2.75) is 145 Å². The van der Waals surface area contributed by atoms with E-state index in [1.54, 1.807) is 0 Å². The summed E-state index contributed by atoms with van der Waals surface area (Å²) in [5, 5.41) is 15.8. The maximum atomic E-state index is 10.2. The van der Waals surface area contributed by atoms with Crippen LogP contribution in [-0.4, -0.2) is 90.8 Å². The van der Waals surface area contributed by atoms with Gasteiger partial charge in [-0.2, -0.15) is 0 Å². The normalized spacial score (nSPS) is 10.9. The van der Waals surface area contributed by atoms with Gasteiger partial charge in [0.1, 0.15) is 0 Å². The van der Waals surface area contributed by atoms with E-state index in [1.165, 1.54) is 0 Å². The van der Waals surface area contributed by atoms with Crippen molar-refractivity contribution >= 4 is 18.1 Å². The molecule has 0 fully saturated rings. The molecule has 0 aliphatic heterocycles. The largest absolute Gasteiger partial charge is 0.676 e. The Labute approximate surface area is 283 Å². The second-order valence-corrected chi connectivity index (χ2v) is 13.5. The average molecular weight is 697 g/mol. The van der Waals surface area contributed by atoms with Crippen LogP contribution < -0.4 is 0 Å². The van der Waals surface area contributed by atoms with Crippen LogP contribution in [0.4, 0.5) is 0 Å². The summed E-state index contributed by atoms with van der Waals surface area (Å²) >= 11 is 0. The van der Waals surface area contributed by atoms with Crippen LogP contribution in [0.2, 0.25) is 0 Å². The molecule has 0 heterocycles.